The summed E-state index contributed by atoms with van der Waals surface area (Å²) >= 11 is 1.08. The zero-order valence-electron chi connectivity index (χ0n) is 12.3. The molecule has 0 aliphatic rings. The highest BCUT2D eigenvalue weighted by atomic mass is 32.2. The maximum Gasteiger partial charge on any atom is 0.284 e. The fraction of sp³-hybridized carbons (Fsp3) is 0. The van der Waals surface area contributed by atoms with Gasteiger partial charge in [0.1, 0.15) is 0 Å². The van der Waals surface area contributed by atoms with Gasteiger partial charge in [0.05, 0.1) is 9.82 Å². The minimum atomic E-state index is -0.507. The third-order valence-electron chi connectivity index (χ3n) is 3.20. The summed E-state index contributed by atoms with van der Waals surface area (Å²) in [6.45, 7) is 0. The van der Waals surface area contributed by atoms with Crippen LogP contribution < -0.4 is 0 Å². The van der Waals surface area contributed by atoms with Gasteiger partial charge in [0.25, 0.3) is 5.69 Å². The van der Waals surface area contributed by atoms with E-state index in [-0.39, 0.29) is 17.0 Å². The van der Waals surface area contributed by atoms with Crippen molar-refractivity contribution < 1.29 is 9.72 Å². The summed E-state index contributed by atoms with van der Waals surface area (Å²) in [4.78, 5) is 31.8. The van der Waals surface area contributed by atoms with Crippen molar-refractivity contribution in [2.24, 2.45) is 0 Å². The first-order chi connectivity index (χ1) is 11.6. The topological polar surface area (TPSA) is 86.0 Å². The molecule has 0 saturated heterocycles. The average molecular weight is 337 g/mol. The van der Waals surface area contributed by atoms with Crippen LogP contribution in [-0.4, -0.2) is 20.7 Å². The lowest BCUT2D eigenvalue weighted by molar-refractivity contribution is -0.387. The summed E-state index contributed by atoms with van der Waals surface area (Å²) in [5.74, 6) is -0.258. The molecule has 2 aromatic carbocycles. The van der Waals surface area contributed by atoms with Crippen molar-refractivity contribution in [3.63, 3.8) is 0 Å². The second kappa shape index (κ2) is 7.01. The third kappa shape index (κ3) is 3.47. The van der Waals surface area contributed by atoms with Gasteiger partial charge in [-0.3, -0.25) is 14.9 Å². The van der Waals surface area contributed by atoms with Gasteiger partial charge in [0, 0.05) is 29.6 Å². The molecule has 1 aromatic heterocycles. The van der Waals surface area contributed by atoms with Gasteiger partial charge >= 0.3 is 0 Å². The molecule has 7 heteroatoms. The number of ketones is 1. The van der Waals surface area contributed by atoms with E-state index in [0.717, 1.165) is 11.8 Å². The number of hydrogen-bond donors (Lipinski definition) is 0. The largest absolute Gasteiger partial charge is 0.289 e. The first-order valence-electron chi connectivity index (χ1n) is 6.98. The number of rotatable bonds is 5. The third-order valence-corrected chi connectivity index (χ3v) is 4.16. The molecule has 0 N–H and O–H groups in total. The van der Waals surface area contributed by atoms with Crippen molar-refractivity contribution in [2.75, 3.05) is 0 Å². The number of carbonyl (C=O) groups excluding carboxylic acids is 1. The van der Waals surface area contributed by atoms with Crippen LogP contribution >= 0.6 is 11.8 Å². The van der Waals surface area contributed by atoms with Crippen molar-refractivity contribution in [3.8, 4) is 0 Å². The van der Waals surface area contributed by atoms with Gasteiger partial charge < -0.3 is 0 Å². The lowest BCUT2D eigenvalue weighted by Gasteiger charge is -2.05. The van der Waals surface area contributed by atoms with E-state index >= 15 is 0 Å². The van der Waals surface area contributed by atoms with E-state index in [1.165, 1.54) is 6.07 Å². The summed E-state index contributed by atoms with van der Waals surface area (Å²) in [7, 11) is 0. The molecule has 0 spiro atoms. The first-order valence-corrected chi connectivity index (χ1v) is 7.80. The molecule has 3 aromatic rings. The van der Waals surface area contributed by atoms with Gasteiger partial charge in [-0.15, -0.1) is 0 Å². The van der Waals surface area contributed by atoms with E-state index in [0.29, 0.717) is 15.6 Å². The molecule has 0 fully saturated rings. The lowest BCUT2D eigenvalue weighted by Crippen LogP contribution is -2.02. The second-order valence-corrected chi connectivity index (χ2v) is 5.78. The Balaban J connectivity index is 1.96. The standard InChI is InChI=1S/C17H11N3O3S/c21-16(12-5-2-1-3-6-12)13-7-8-15(14(11-13)20(22)23)24-17-18-9-4-10-19-17/h1-11H. The number of aromatic nitrogens is 2. The van der Waals surface area contributed by atoms with E-state index in [1.54, 1.807) is 60.9 Å². The molecule has 0 aliphatic heterocycles. The predicted molar refractivity (Wildman–Crippen MR) is 89.1 cm³/mol. The molecular formula is C17H11N3O3S. The van der Waals surface area contributed by atoms with Gasteiger partial charge in [-0.1, -0.05) is 30.3 Å². The number of nitrogens with zero attached hydrogens (tertiary/aromatic N) is 3. The smallest absolute Gasteiger partial charge is 0.284 e. The molecule has 0 bridgehead atoms. The van der Waals surface area contributed by atoms with Crippen molar-refractivity contribution in [1.82, 2.24) is 9.97 Å². The van der Waals surface area contributed by atoms with Crippen LogP contribution in [0.3, 0.4) is 0 Å². The average Bonchev–Trinajstić information content (AvgIpc) is 2.63. The molecule has 6 nitrogen and oxygen atoms in total. The van der Waals surface area contributed by atoms with E-state index < -0.39 is 4.92 Å². The van der Waals surface area contributed by atoms with Gasteiger partial charge in [0.2, 0.25) is 0 Å². The van der Waals surface area contributed by atoms with Crippen molar-refractivity contribution in [2.45, 2.75) is 10.1 Å². The highest BCUT2D eigenvalue weighted by Crippen LogP contribution is 2.33. The van der Waals surface area contributed by atoms with Crippen LogP contribution in [-0.2, 0) is 0 Å². The summed E-state index contributed by atoms with van der Waals surface area (Å²) in [5.41, 5.74) is 0.610. The maximum atomic E-state index is 12.4. The fourth-order valence-electron chi connectivity index (χ4n) is 2.08. The lowest BCUT2D eigenvalue weighted by atomic mass is 10.0. The van der Waals surface area contributed by atoms with Crippen LogP contribution in [0.25, 0.3) is 0 Å². The molecule has 0 radical (unpaired) electrons. The molecule has 24 heavy (non-hydrogen) atoms. The predicted octanol–water partition coefficient (Wildman–Crippen LogP) is 3.77. The number of nitro benzene ring substituents is 1. The minimum Gasteiger partial charge on any atom is -0.289 e. The van der Waals surface area contributed by atoms with Crippen LogP contribution in [0.15, 0.2) is 77.0 Å². The van der Waals surface area contributed by atoms with Crippen LogP contribution in [0.2, 0.25) is 0 Å². The minimum absolute atomic E-state index is 0.144. The number of hydrogen-bond acceptors (Lipinski definition) is 6. The van der Waals surface area contributed by atoms with Crippen LogP contribution in [0.1, 0.15) is 15.9 Å². The quantitative estimate of drug-likeness (QED) is 0.305. The second-order valence-electron chi connectivity index (χ2n) is 4.77. The Kier molecular flexibility index (Phi) is 4.62. The Morgan fingerprint density at radius 1 is 0.958 bits per heavy atom. The number of benzene rings is 2. The van der Waals surface area contributed by atoms with Crippen LogP contribution in [0, 0.1) is 10.1 Å². The van der Waals surface area contributed by atoms with Gasteiger partial charge in [-0.2, -0.15) is 0 Å². The van der Waals surface area contributed by atoms with E-state index in [9.17, 15) is 14.9 Å². The molecular weight excluding hydrogens is 326 g/mol. The van der Waals surface area contributed by atoms with E-state index in [2.05, 4.69) is 9.97 Å². The Bertz CT molecular complexity index is 886. The van der Waals surface area contributed by atoms with E-state index in [4.69, 9.17) is 0 Å². The first kappa shape index (κ1) is 15.8. The van der Waals surface area contributed by atoms with Crippen LogP contribution in [0.4, 0.5) is 5.69 Å². The number of carbonyl (C=O) groups is 1. The molecule has 0 atom stereocenters. The van der Waals surface area contributed by atoms with Crippen molar-refractivity contribution in [1.29, 1.82) is 0 Å². The maximum absolute atomic E-state index is 12.4. The molecule has 0 aliphatic carbocycles. The molecule has 0 unspecified atom stereocenters. The molecule has 1 heterocycles. The molecule has 118 valence electrons. The summed E-state index contributed by atoms with van der Waals surface area (Å²) in [6, 6.07) is 14.7. The Hall–Kier alpha value is -3.06. The fourth-order valence-corrected chi connectivity index (χ4v) is 2.88. The highest BCUT2D eigenvalue weighted by molar-refractivity contribution is 7.99. The number of nitro groups is 1. The summed E-state index contributed by atoms with van der Waals surface area (Å²) < 4.78 is 0. The SMILES string of the molecule is O=C(c1ccccc1)c1ccc(Sc2ncccn2)c([N+](=O)[O-])c1. The Morgan fingerprint density at radius 2 is 1.67 bits per heavy atom. The summed E-state index contributed by atoms with van der Waals surface area (Å²) in [6.07, 6.45) is 3.13. The highest BCUT2D eigenvalue weighted by Gasteiger charge is 2.19. The summed E-state index contributed by atoms with van der Waals surface area (Å²) in [5, 5.41) is 11.8. The zero-order chi connectivity index (χ0) is 16.9. The zero-order valence-corrected chi connectivity index (χ0v) is 13.1. The van der Waals surface area contributed by atoms with Crippen molar-refractivity contribution >= 4 is 23.2 Å². The van der Waals surface area contributed by atoms with Crippen molar-refractivity contribution in [3.05, 3.63) is 88.2 Å². The van der Waals surface area contributed by atoms with Gasteiger partial charge in [-0.05, 0) is 30.0 Å². The monoisotopic (exact) mass is 337 g/mol. The van der Waals surface area contributed by atoms with Crippen LogP contribution in [0.5, 0.6) is 0 Å². The molecule has 0 saturated carbocycles. The van der Waals surface area contributed by atoms with Gasteiger partial charge in [0.15, 0.2) is 10.9 Å². The molecule has 3 rings (SSSR count). The van der Waals surface area contributed by atoms with E-state index in [1.807, 2.05) is 0 Å². The normalized spacial score (nSPS) is 10.3. The Labute approximate surface area is 141 Å². The Morgan fingerprint density at radius 3 is 2.33 bits per heavy atom. The molecule has 0 amide bonds. The van der Waals surface area contributed by atoms with Gasteiger partial charge in [-0.25, -0.2) is 9.97 Å².